The maximum Gasteiger partial charge on any atom is 0.317 e. The van der Waals surface area contributed by atoms with Crippen LogP contribution in [0.2, 0.25) is 0 Å². The van der Waals surface area contributed by atoms with Crippen LogP contribution in [0.3, 0.4) is 0 Å². The van der Waals surface area contributed by atoms with E-state index in [9.17, 15) is 9.59 Å². The predicted molar refractivity (Wildman–Crippen MR) is 95.3 cm³/mol. The molecule has 25 heavy (non-hydrogen) atoms. The Balaban J connectivity index is 1.55. The van der Waals surface area contributed by atoms with E-state index in [2.05, 4.69) is 22.3 Å². The number of likely N-dealkylation sites (tertiary alicyclic amines) is 1. The Bertz CT molecular complexity index is 613. The minimum atomic E-state index is -0.331. The van der Waals surface area contributed by atoms with Gasteiger partial charge in [-0.15, -0.1) is 0 Å². The normalized spacial score (nSPS) is 21.9. The monoisotopic (exact) mass is 346 g/mol. The topological polar surface area (TPSA) is 87.9 Å². The zero-order valence-electron chi connectivity index (χ0n) is 14.6. The first-order valence-electron chi connectivity index (χ1n) is 8.82. The number of rotatable bonds is 4. The van der Waals surface area contributed by atoms with Gasteiger partial charge in [-0.25, -0.2) is 4.79 Å². The third-order valence-corrected chi connectivity index (χ3v) is 4.99. The Morgan fingerprint density at radius 3 is 2.48 bits per heavy atom. The van der Waals surface area contributed by atoms with E-state index < -0.39 is 0 Å². The molecule has 1 aromatic rings. The van der Waals surface area contributed by atoms with Gasteiger partial charge in [0.2, 0.25) is 5.91 Å². The molecule has 7 nitrogen and oxygen atoms in total. The highest BCUT2D eigenvalue weighted by Crippen LogP contribution is 2.21. The summed E-state index contributed by atoms with van der Waals surface area (Å²) in [5.41, 5.74) is 7.55. The van der Waals surface area contributed by atoms with Gasteiger partial charge in [-0.3, -0.25) is 4.79 Å². The van der Waals surface area contributed by atoms with Gasteiger partial charge in [0.05, 0.1) is 25.2 Å². The van der Waals surface area contributed by atoms with Gasteiger partial charge in [0.25, 0.3) is 0 Å². The number of morpholine rings is 1. The van der Waals surface area contributed by atoms with E-state index in [0.717, 1.165) is 31.9 Å². The first kappa shape index (κ1) is 17.5. The molecule has 0 spiro atoms. The molecule has 2 fully saturated rings. The second-order valence-electron chi connectivity index (χ2n) is 6.70. The van der Waals surface area contributed by atoms with Crippen LogP contribution in [0, 0.1) is 5.92 Å². The van der Waals surface area contributed by atoms with Crippen LogP contribution >= 0.6 is 0 Å². The summed E-state index contributed by atoms with van der Waals surface area (Å²) in [4.78, 5) is 27.5. The van der Waals surface area contributed by atoms with Crippen molar-refractivity contribution in [2.24, 2.45) is 11.7 Å². The second kappa shape index (κ2) is 7.74. The van der Waals surface area contributed by atoms with Gasteiger partial charge in [0.1, 0.15) is 0 Å². The summed E-state index contributed by atoms with van der Waals surface area (Å²) in [6, 6.07) is 8.02. The van der Waals surface area contributed by atoms with Crippen LogP contribution in [-0.2, 0) is 9.53 Å². The largest absolute Gasteiger partial charge is 0.378 e. The number of nitrogens with two attached hydrogens (primary N) is 1. The maximum absolute atomic E-state index is 12.4. The van der Waals surface area contributed by atoms with Crippen molar-refractivity contribution in [1.82, 2.24) is 10.2 Å². The van der Waals surface area contributed by atoms with Crippen LogP contribution in [0.25, 0.3) is 0 Å². The molecule has 3 rings (SSSR count). The van der Waals surface area contributed by atoms with Gasteiger partial charge in [-0.2, -0.15) is 0 Å². The van der Waals surface area contributed by atoms with Crippen molar-refractivity contribution in [3.8, 4) is 0 Å². The van der Waals surface area contributed by atoms with Crippen molar-refractivity contribution in [3.63, 3.8) is 0 Å². The van der Waals surface area contributed by atoms with Crippen LogP contribution in [0.4, 0.5) is 10.5 Å². The van der Waals surface area contributed by atoms with E-state index >= 15 is 0 Å². The van der Waals surface area contributed by atoms with Crippen molar-refractivity contribution in [2.45, 2.75) is 19.4 Å². The minimum Gasteiger partial charge on any atom is -0.378 e. The molecule has 0 radical (unpaired) electrons. The van der Waals surface area contributed by atoms with E-state index in [4.69, 9.17) is 10.5 Å². The number of anilines is 1. The average molecular weight is 346 g/mol. The molecule has 0 aliphatic carbocycles. The fourth-order valence-electron chi connectivity index (χ4n) is 3.33. The lowest BCUT2D eigenvalue weighted by Gasteiger charge is -2.29. The number of ether oxygens (including phenoxy) is 1. The zero-order valence-corrected chi connectivity index (χ0v) is 14.6. The van der Waals surface area contributed by atoms with Crippen molar-refractivity contribution < 1.29 is 14.3 Å². The lowest BCUT2D eigenvalue weighted by molar-refractivity contribution is -0.121. The average Bonchev–Trinajstić information content (AvgIpc) is 3.13. The molecule has 3 amide bonds. The van der Waals surface area contributed by atoms with Crippen LogP contribution in [0.5, 0.6) is 0 Å². The maximum atomic E-state index is 12.4. The molecule has 2 atom stereocenters. The number of carbonyl (C=O) groups is 2. The fraction of sp³-hybridized carbons (Fsp3) is 0.556. The first-order chi connectivity index (χ1) is 12.0. The summed E-state index contributed by atoms with van der Waals surface area (Å²) in [7, 11) is 0. The summed E-state index contributed by atoms with van der Waals surface area (Å²) in [5, 5.41) is 3.00. The molecule has 1 aromatic carbocycles. The molecular formula is C18H26N4O3. The predicted octanol–water partition coefficient (Wildman–Crippen LogP) is 1.10. The first-order valence-corrected chi connectivity index (χ1v) is 8.82. The number of benzene rings is 1. The SMILES string of the molecule is C[C@H](NC(=O)N1CC[C@@H](C(N)=O)C1)c1ccc(N2CCOCC2)cc1. The number of hydrogen-bond donors (Lipinski definition) is 2. The molecule has 2 aliphatic heterocycles. The highest BCUT2D eigenvalue weighted by molar-refractivity contribution is 5.80. The van der Waals surface area contributed by atoms with E-state index in [-0.39, 0.29) is 23.9 Å². The Morgan fingerprint density at radius 1 is 1.20 bits per heavy atom. The van der Waals surface area contributed by atoms with Crippen LogP contribution in [0.1, 0.15) is 24.9 Å². The standard InChI is InChI=1S/C18H26N4O3/c1-13(20-18(24)22-7-6-15(12-22)17(19)23)14-2-4-16(5-3-14)21-8-10-25-11-9-21/h2-5,13,15H,6-12H2,1H3,(H2,19,23)(H,20,24)/t13-,15+/m0/s1. The third-order valence-electron chi connectivity index (χ3n) is 4.99. The molecular weight excluding hydrogens is 320 g/mol. The summed E-state index contributed by atoms with van der Waals surface area (Å²) < 4.78 is 5.38. The minimum absolute atomic E-state index is 0.0983. The number of hydrogen-bond acceptors (Lipinski definition) is 4. The number of carbonyl (C=O) groups excluding carboxylic acids is 2. The molecule has 0 unspecified atom stereocenters. The third kappa shape index (κ3) is 4.22. The molecule has 2 heterocycles. The van der Waals surface area contributed by atoms with Crippen molar-refractivity contribution >= 4 is 17.6 Å². The summed E-state index contributed by atoms with van der Waals surface area (Å²) in [6.07, 6.45) is 0.644. The highest BCUT2D eigenvalue weighted by atomic mass is 16.5. The zero-order chi connectivity index (χ0) is 17.8. The molecule has 0 saturated carbocycles. The number of amides is 3. The molecule has 2 saturated heterocycles. The number of primary amides is 1. The van der Waals surface area contributed by atoms with Gasteiger partial charge in [0, 0.05) is 31.9 Å². The van der Waals surface area contributed by atoms with E-state index in [1.165, 1.54) is 5.69 Å². The Morgan fingerprint density at radius 2 is 1.88 bits per heavy atom. The van der Waals surface area contributed by atoms with Crippen molar-refractivity contribution in [2.75, 3.05) is 44.3 Å². The molecule has 136 valence electrons. The Labute approximate surface area is 148 Å². The van der Waals surface area contributed by atoms with Crippen molar-refractivity contribution in [1.29, 1.82) is 0 Å². The van der Waals surface area contributed by atoms with Gasteiger partial charge in [0.15, 0.2) is 0 Å². The quantitative estimate of drug-likeness (QED) is 0.855. The van der Waals surface area contributed by atoms with Gasteiger partial charge in [-0.05, 0) is 31.0 Å². The lowest BCUT2D eigenvalue weighted by Crippen LogP contribution is -2.40. The van der Waals surface area contributed by atoms with Crippen LogP contribution in [-0.4, -0.2) is 56.2 Å². The van der Waals surface area contributed by atoms with E-state index in [0.29, 0.717) is 19.5 Å². The van der Waals surface area contributed by atoms with Gasteiger partial charge >= 0.3 is 6.03 Å². The number of nitrogens with zero attached hydrogens (tertiary/aromatic N) is 2. The van der Waals surface area contributed by atoms with E-state index in [1.54, 1.807) is 4.90 Å². The Hall–Kier alpha value is -2.28. The molecule has 0 bridgehead atoms. The Kier molecular flexibility index (Phi) is 5.43. The smallest absolute Gasteiger partial charge is 0.317 e. The highest BCUT2D eigenvalue weighted by Gasteiger charge is 2.30. The summed E-state index contributed by atoms with van der Waals surface area (Å²) >= 11 is 0. The van der Waals surface area contributed by atoms with Crippen LogP contribution < -0.4 is 16.0 Å². The number of urea groups is 1. The lowest BCUT2D eigenvalue weighted by atomic mass is 10.1. The summed E-state index contributed by atoms with van der Waals surface area (Å²) in [5.74, 6) is -0.559. The van der Waals surface area contributed by atoms with E-state index in [1.807, 2.05) is 19.1 Å². The van der Waals surface area contributed by atoms with Gasteiger partial charge < -0.3 is 25.6 Å². The molecule has 0 aromatic heterocycles. The fourth-order valence-corrected chi connectivity index (χ4v) is 3.33. The number of nitrogens with one attached hydrogen (secondary N) is 1. The molecule has 7 heteroatoms. The van der Waals surface area contributed by atoms with Crippen molar-refractivity contribution in [3.05, 3.63) is 29.8 Å². The second-order valence-corrected chi connectivity index (χ2v) is 6.70. The van der Waals surface area contributed by atoms with Gasteiger partial charge in [-0.1, -0.05) is 12.1 Å². The molecule has 2 aliphatic rings. The molecule has 3 N–H and O–H groups in total. The van der Waals surface area contributed by atoms with Crippen LogP contribution in [0.15, 0.2) is 24.3 Å². The summed E-state index contributed by atoms with van der Waals surface area (Å²) in [6.45, 7) is 6.27.